The minimum atomic E-state index is -0.463. The minimum absolute atomic E-state index is 0.121. The summed E-state index contributed by atoms with van der Waals surface area (Å²) in [6.07, 6.45) is 1.34. The zero-order valence-electron chi connectivity index (χ0n) is 10.7. The number of rotatable bonds is 5. The van der Waals surface area contributed by atoms with Crippen LogP contribution in [0.25, 0.3) is 0 Å². The first-order valence-electron chi connectivity index (χ1n) is 6.04. The Balaban J connectivity index is 1.75. The van der Waals surface area contributed by atoms with Gasteiger partial charge in [0.15, 0.2) is 0 Å². The van der Waals surface area contributed by atoms with E-state index in [1.807, 2.05) is 30.3 Å². The number of nitrogen functional groups attached to an aromatic ring is 1. The number of benzene rings is 1. The SMILES string of the molecule is Nc1cn[nH]c1C(=O)NCC(=O)NCc1ccccc1. The highest BCUT2D eigenvalue weighted by atomic mass is 16.2. The molecule has 1 aromatic heterocycles. The van der Waals surface area contributed by atoms with E-state index in [4.69, 9.17) is 5.73 Å². The molecule has 0 bridgehead atoms. The largest absolute Gasteiger partial charge is 0.396 e. The van der Waals surface area contributed by atoms with Crippen molar-refractivity contribution in [1.29, 1.82) is 0 Å². The second-order valence-corrected chi connectivity index (χ2v) is 4.15. The minimum Gasteiger partial charge on any atom is -0.396 e. The third-order valence-electron chi connectivity index (χ3n) is 2.64. The van der Waals surface area contributed by atoms with Crippen molar-refractivity contribution in [2.45, 2.75) is 6.54 Å². The van der Waals surface area contributed by atoms with Gasteiger partial charge in [-0.05, 0) is 5.56 Å². The molecule has 0 aliphatic rings. The number of nitrogens with two attached hydrogens (primary N) is 1. The van der Waals surface area contributed by atoms with Crippen LogP contribution in [-0.4, -0.2) is 28.6 Å². The summed E-state index contributed by atoms with van der Waals surface area (Å²) in [5.74, 6) is -0.741. The van der Waals surface area contributed by atoms with Gasteiger partial charge in [-0.1, -0.05) is 30.3 Å². The molecule has 0 radical (unpaired) electrons. The van der Waals surface area contributed by atoms with Crippen LogP contribution in [0.15, 0.2) is 36.5 Å². The quantitative estimate of drug-likeness (QED) is 0.616. The van der Waals surface area contributed by atoms with E-state index in [-0.39, 0.29) is 23.8 Å². The summed E-state index contributed by atoms with van der Waals surface area (Å²) < 4.78 is 0. The van der Waals surface area contributed by atoms with Crippen molar-refractivity contribution in [2.24, 2.45) is 0 Å². The molecule has 20 heavy (non-hydrogen) atoms. The summed E-state index contributed by atoms with van der Waals surface area (Å²) >= 11 is 0. The summed E-state index contributed by atoms with van der Waals surface area (Å²) in [6, 6.07) is 9.50. The van der Waals surface area contributed by atoms with E-state index in [0.29, 0.717) is 6.54 Å². The third-order valence-corrected chi connectivity index (χ3v) is 2.64. The molecule has 0 unspecified atom stereocenters. The summed E-state index contributed by atoms with van der Waals surface area (Å²) in [5, 5.41) is 11.3. The number of carbonyl (C=O) groups excluding carboxylic acids is 2. The van der Waals surface area contributed by atoms with Gasteiger partial charge in [-0.15, -0.1) is 0 Å². The molecule has 1 heterocycles. The lowest BCUT2D eigenvalue weighted by Crippen LogP contribution is -2.36. The van der Waals surface area contributed by atoms with Gasteiger partial charge in [-0.2, -0.15) is 5.10 Å². The monoisotopic (exact) mass is 273 g/mol. The lowest BCUT2D eigenvalue weighted by atomic mass is 10.2. The first kappa shape index (κ1) is 13.6. The van der Waals surface area contributed by atoms with Gasteiger partial charge in [0.1, 0.15) is 5.69 Å². The van der Waals surface area contributed by atoms with Gasteiger partial charge in [0.2, 0.25) is 5.91 Å². The number of nitrogens with zero attached hydrogens (tertiary/aromatic N) is 1. The van der Waals surface area contributed by atoms with Crippen LogP contribution >= 0.6 is 0 Å². The Morgan fingerprint density at radius 1 is 1.20 bits per heavy atom. The predicted molar refractivity (Wildman–Crippen MR) is 73.6 cm³/mol. The van der Waals surface area contributed by atoms with E-state index < -0.39 is 5.91 Å². The molecule has 7 nitrogen and oxygen atoms in total. The molecule has 0 atom stereocenters. The predicted octanol–water partition coefficient (Wildman–Crippen LogP) is 0.0381. The van der Waals surface area contributed by atoms with Crippen LogP contribution in [-0.2, 0) is 11.3 Å². The number of hydrogen-bond acceptors (Lipinski definition) is 4. The molecule has 0 aliphatic heterocycles. The number of nitrogens with one attached hydrogen (secondary N) is 3. The topological polar surface area (TPSA) is 113 Å². The molecule has 1 aromatic carbocycles. The van der Waals surface area contributed by atoms with Gasteiger partial charge in [0.25, 0.3) is 5.91 Å². The number of hydrogen-bond donors (Lipinski definition) is 4. The lowest BCUT2D eigenvalue weighted by molar-refractivity contribution is -0.120. The van der Waals surface area contributed by atoms with Crippen molar-refractivity contribution in [3.05, 3.63) is 47.8 Å². The van der Waals surface area contributed by atoms with Gasteiger partial charge in [-0.25, -0.2) is 0 Å². The van der Waals surface area contributed by atoms with Crippen LogP contribution in [0.4, 0.5) is 5.69 Å². The molecule has 2 rings (SSSR count). The zero-order valence-corrected chi connectivity index (χ0v) is 10.7. The summed E-state index contributed by atoms with van der Waals surface area (Å²) in [7, 11) is 0. The molecule has 2 aromatic rings. The highest BCUT2D eigenvalue weighted by Crippen LogP contribution is 2.04. The maximum absolute atomic E-state index is 11.7. The summed E-state index contributed by atoms with van der Waals surface area (Å²) in [5.41, 5.74) is 6.91. The molecule has 0 spiro atoms. The van der Waals surface area contributed by atoms with Crippen LogP contribution in [0.1, 0.15) is 16.1 Å². The fourth-order valence-corrected chi connectivity index (χ4v) is 1.59. The van der Waals surface area contributed by atoms with Crippen LogP contribution in [0.5, 0.6) is 0 Å². The Morgan fingerprint density at radius 2 is 1.95 bits per heavy atom. The summed E-state index contributed by atoms with van der Waals surface area (Å²) in [6.45, 7) is 0.297. The molecule has 0 saturated carbocycles. The molecule has 0 aliphatic carbocycles. The van der Waals surface area contributed by atoms with Crippen molar-refractivity contribution in [3.8, 4) is 0 Å². The first-order valence-corrected chi connectivity index (χ1v) is 6.04. The van der Waals surface area contributed by atoms with Gasteiger partial charge < -0.3 is 16.4 Å². The maximum atomic E-state index is 11.7. The van der Waals surface area contributed by atoms with Crippen molar-refractivity contribution >= 4 is 17.5 Å². The zero-order chi connectivity index (χ0) is 14.4. The molecule has 7 heteroatoms. The average Bonchev–Trinajstić information content (AvgIpc) is 2.90. The van der Waals surface area contributed by atoms with Crippen molar-refractivity contribution in [2.75, 3.05) is 12.3 Å². The van der Waals surface area contributed by atoms with Gasteiger partial charge in [0, 0.05) is 6.54 Å². The highest BCUT2D eigenvalue weighted by Gasteiger charge is 2.12. The maximum Gasteiger partial charge on any atom is 0.271 e. The normalized spacial score (nSPS) is 10.0. The van der Waals surface area contributed by atoms with Crippen LogP contribution in [0.2, 0.25) is 0 Å². The Bertz CT molecular complexity index is 594. The fraction of sp³-hybridized carbons (Fsp3) is 0.154. The Hall–Kier alpha value is -2.83. The number of aromatic amines is 1. The molecule has 0 saturated heterocycles. The van der Waals surface area contributed by atoms with E-state index in [2.05, 4.69) is 20.8 Å². The molecule has 104 valence electrons. The molecule has 5 N–H and O–H groups in total. The van der Waals surface area contributed by atoms with E-state index >= 15 is 0 Å². The standard InChI is InChI=1S/C13H15N5O2/c14-10-7-17-18-12(10)13(20)16-8-11(19)15-6-9-4-2-1-3-5-9/h1-5,7H,6,8,14H2,(H,15,19)(H,16,20)(H,17,18). The van der Waals surface area contributed by atoms with E-state index in [1.165, 1.54) is 6.20 Å². The van der Waals surface area contributed by atoms with E-state index in [0.717, 1.165) is 5.56 Å². The second kappa shape index (κ2) is 6.37. The first-order chi connectivity index (χ1) is 9.66. The van der Waals surface area contributed by atoms with E-state index in [9.17, 15) is 9.59 Å². The van der Waals surface area contributed by atoms with Crippen molar-refractivity contribution in [3.63, 3.8) is 0 Å². The number of anilines is 1. The number of aromatic nitrogens is 2. The smallest absolute Gasteiger partial charge is 0.271 e. The number of amides is 2. The average molecular weight is 273 g/mol. The molecule has 0 fully saturated rings. The molecular formula is C13H15N5O2. The molecular weight excluding hydrogens is 258 g/mol. The van der Waals surface area contributed by atoms with E-state index in [1.54, 1.807) is 0 Å². The van der Waals surface area contributed by atoms with Gasteiger partial charge in [0.05, 0.1) is 18.4 Å². The fourth-order valence-electron chi connectivity index (χ4n) is 1.59. The van der Waals surface area contributed by atoms with Crippen molar-refractivity contribution < 1.29 is 9.59 Å². The van der Waals surface area contributed by atoms with Gasteiger partial charge in [-0.3, -0.25) is 14.7 Å². The number of H-pyrrole nitrogens is 1. The Labute approximate surface area is 115 Å². The van der Waals surface area contributed by atoms with Crippen LogP contribution in [0.3, 0.4) is 0 Å². The van der Waals surface area contributed by atoms with Crippen LogP contribution in [0, 0.1) is 0 Å². The second-order valence-electron chi connectivity index (χ2n) is 4.15. The van der Waals surface area contributed by atoms with Gasteiger partial charge >= 0.3 is 0 Å². The Kier molecular flexibility index (Phi) is 4.33. The number of carbonyl (C=O) groups is 2. The highest BCUT2D eigenvalue weighted by molar-refractivity contribution is 5.98. The Morgan fingerprint density at radius 3 is 2.60 bits per heavy atom. The van der Waals surface area contributed by atoms with Crippen molar-refractivity contribution in [1.82, 2.24) is 20.8 Å². The van der Waals surface area contributed by atoms with Crippen LogP contribution < -0.4 is 16.4 Å². The third kappa shape index (κ3) is 3.58. The lowest BCUT2D eigenvalue weighted by Gasteiger charge is -2.06. The molecule has 2 amide bonds. The summed E-state index contributed by atoms with van der Waals surface area (Å²) in [4.78, 5) is 23.3.